The zero-order valence-corrected chi connectivity index (χ0v) is 12.8. The van der Waals surface area contributed by atoms with Crippen molar-refractivity contribution < 1.29 is 15.0 Å². The number of carboxylic acids is 1. The molecule has 116 valence electrons. The van der Waals surface area contributed by atoms with Crippen LogP contribution in [-0.2, 0) is 4.79 Å². The minimum Gasteiger partial charge on any atom is -0.481 e. The van der Waals surface area contributed by atoms with E-state index in [1.54, 1.807) is 0 Å². The Labute approximate surface area is 122 Å². The van der Waals surface area contributed by atoms with E-state index >= 15 is 0 Å². The largest absolute Gasteiger partial charge is 0.481 e. The summed E-state index contributed by atoms with van der Waals surface area (Å²) in [5.74, 6) is 0.585. The quantitative estimate of drug-likeness (QED) is 0.741. The van der Waals surface area contributed by atoms with Crippen LogP contribution < -0.4 is 5.32 Å². The number of hydrogen-bond donors (Lipinski definition) is 3. The highest BCUT2D eigenvalue weighted by molar-refractivity contribution is 5.70. The monoisotopic (exact) mass is 283 g/mol. The van der Waals surface area contributed by atoms with E-state index in [1.807, 2.05) is 0 Å². The summed E-state index contributed by atoms with van der Waals surface area (Å²) in [5, 5.41) is 23.1. The standard InChI is InChI=1S/C16H29NO3/c1-11-3-4-14(9-12(11)2)17-10-16(20)7-5-13(6-8-16)15(18)19/h11-14,17,20H,3-10H2,1-2H3,(H,18,19). The van der Waals surface area contributed by atoms with Crippen molar-refractivity contribution in [3.05, 3.63) is 0 Å². The van der Waals surface area contributed by atoms with Gasteiger partial charge >= 0.3 is 5.97 Å². The van der Waals surface area contributed by atoms with Gasteiger partial charge in [0.05, 0.1) is 11.5 Å². The highest BCUT2D eigenvalue weighted by Crippen LogP contribution is 2.33. The van der Waals surface area contributed by atoms with Crippen LogP contribution in [0.1, 0.15) is 58.8 Å². The predicted octanol–water partition coefficient (Wildman–Crippen LogP) is 2.41. The number of aliphatic carboxylic acids is 1. The Morgan fingerprint density at radius 1 is 1.15 bits per heavy atom. The summed E-state index contributed by atoms with van der Waals surface area (Å²) < 4.78 is 0. The Hall–Kier alpha value is -0.610. The van der Waals surface area contributed by atoms with Gasteiger partial charge in [0.25, 0.3) is 0 Å². The van der Waals surface area contributed by atoms with Crippen molar-refractivity contribution in [3.63, 3.8) is 0 Å². The normalized spacial score (nSPS) is 42.4. The van der Waals surface area contributed by atoms with E-state index in [-0.39, 0.29) is 5.92 Å². The number of hydrogen-bond acceptors (Lipinski definition) is 3. The zero-order valence-electron chi connectivity index (χ0n) is 12.8. The van der Waals surface area contributed by atoms with Gasteiger partial charge in [0.2, 0.25) is 0 Å². The summed E-state index contributed by atoms with van der Waals surface area (Å²) in [4.78, 5) is 10.9. The molecule has 0 bridgehead atoms. The molecular weight excluding hydrogens is 254 g/mol. The molecule has 3 unspecified atom stereocenters. The van der Waals surface area contributed by atoms with Gasteiger partial charge in [0.1, 0.15) is 0 Å². The van der Waals surface area contributed by atoms with E-state index < -0.39 is 11.6 Å². The second-order valence-corrected chi connectivity index (χ2v) is 7.18. The van der Waals surface area contributed by atoms with Crippen molar-refractivity contribution in [2.45, 2.75) is 70.4 Å². The molecule has 2 rings (SSSR count). The molecular formula is C16H29NO3. The summed E-state index contributed by atoms with van der Waals surface area (Å²) >= 11 is 0. The maximum absolute atomic E-state index is 10.9. The van der Waals surface area contributed by atoms with Gasteiger partial charge in [0.15, 0.2) is 0 Å². The molecule has 4 nitrogen and oxygen atoms in total. The minimum absolute atomic E-state index is 0.258. The molecule has 0 radical (unpaired) electrons. The number of carboxylic acid groups (broad SMARTS) is 1. The van der Waals surface area contributed by atoms with Crippen LogP contribution in [0.2, 0.25) is 0 Å². The van der Waals surface area contributed by atoms with Crippen LogP contribution in [-0.4, -0.2) is 34.4 Å². The molecule has 0 aromatic heterocycles. The lowest BCUT2D eigenvalue weighted by atomic mass is 9.77. The van der Waals surface area contributed by atoms with E-state index in [9.17, 15) is 9.90 Å². The van der Waals surface area contributed by atoms with Gasteiger partial charge in [-0.15, -0.1) is 0 Å². The first-order valence-electron chi connectivity index (χ1n) is 8.08. The Kier molecular flexibility index (Phi) is 5.08. The highest BCUT2D eigenvalue weighted by atomic mass is 16.4. The van der Waals surface area contributed by atoms with E-state index in [4.69, 9.17) is 5.11 Å². The van der Waals surface area contributed by atoms with Crippen molar-refractivity contribution in [3.8, 4) is 0 Å². The molecule has 2 aliphatic rings. The van der Waals surface area contributed by atoms with Crippen LogP contribution in [0.25, 0.3) is 0 Å². The van der Waals surface area contributed by atoms with Gasteiger partial charge in [-0.3, -0.25) is 4.79 Å². The third-order valence-corrected chi connectivity index (χ3v) is 5.58. The fourth-order valence-electron chi connectivity index (χ4n) is 3.65. The first-order valence-corrected chi connectivity index (χ1v) is 8.08. The van der Waals surface area contributed by atoms with Crippen molar-refractivity contribution in [2.24, 2.45) is 17.8 Å². The Morgan fingerprint density at radius 2 is 1.80 bits per heavy atom. The maximum Gasteiger partial charge on any atom is 0.306 e. The zero-order chi connectivity index (χ0) is 14.8. The van der Waals surface area contributed by atoms with Gasteiger partial charge in [-0.05, 0) is 56.8 Å². The van der Waals surface area contributed by atoms with Crippen molar-refractivity contribution >= 4 is 5.97 Å². The molecule has 2 fully saturated rings. The van der Waals surface area contributed by atoms with Crippen LogP contribution >= 0.6 is 0 Å². The van der Waals surface area contributed by atoms with E-state index in [1.165, 1.54) is 19.3 Å². The highest BCUT2D eigenvalue weighted by Gasteiger charge is 2.36. The molecule has 2 aliphatic carbocycles. The fourth-order valence-corrected chi connectivity index (χ4v) is 3.65. The molecule has 20 heavy (non-hydrogen) atoms. The Morgan fingerprint density at radius 3 is 2.35 bits per heavy atom. The fraction of sp³-hybridized carbons (Fsp3) is 0.938. The van der Waals surface area contributed by atoms with Gasteiger partial charge in [-0.25, -0.2) is 0 Å². The SMILES string of the molecule is CC1CCC(NCC2(O)CCC(C(=O)O)CC2)CC1C. The Bertz CT molecular complexity index is 337. The number of nitrogens with one attached hydrogen (secondary N) is 1. The second kappa shape index (κ2) is 6.44. The lowest BCUT2D eigenvalue weighted by Crippen LogP contribution is -2.48. The first kappa shape index (κ1) is 15.8. The van der Waals surface area contributed by atoms with E-state index in [0.717, 1.165) is 11.8 Å². The topological polar surface area (TPSA) is 69.6 Å². The Balaban J connectivity index is 1.75. The van der Waals surface area contributed by atoms with Crippen molar-refractivity contribution in [1.29, 1.82) is 0 Å². The summed E-state index contributed by atoms with van der Waals surface area (Å²) in [6.45, 7) is 5.25. The van der Waals surface area contributed by atoms with Gasteiger partial charge in [-0.2, -0.15) is 0 Å². The van der Waals surface area contributed by atoms with Crippen LogP contribution in [0.15, 0.2) is 0 Å². The average Bonchev–Trinajstić information content (AvgIpc) is 2.41. The van der Waals surface area contributed by atoms with Crippen LogP contribution in [0.4, 0.5) is 0 Å². The molecule has 0 aliphatic heterocycles. The predicted molar refractivity (Wildman–Crippen MR) is 78.5 cm³/mol. The summed E-state index contributed by atoms with van der Waals surface area (Å²) in [5.41, 5.74) is -0.696. The van der Waals surface area contributed by atoms with Gasteiger partial charge < -0.3 is 15.5 Å². The lowest BCUT2D eigenvalue weighted by Gasteiger charge is -2.38. The molecule has 3 N–H and O–H groups in total. The summed E-state index contributed by atoms with van der Waals surface area (Å²) in [6, 6.07) is 0.516. The molecule has 0 aromatic carbocycles. The first-order chi connectivity index (χ1) is 9.39. The van der Waals surface area contributed by atoms with Crippen molar-refractivity contribution in [2.75, 3.05) is 6.54 Å². The lowest BCUT2D eigenvalue weighted by molar-refractivity contribution is -0.144. The number of carbonyl (C=O) groups is 1. The molecule has 0 aromatic rings. The molecule has 0 amide bonds. The smallest absolute Gasteiger partial charge is 0.306 e. The van der Waals surface area contributed by atoms with Gasteiger partial charge in [-0.1, -0.05) is 13.8 Å². The molecule has 3 atom stereocenters. The van der Waals surface area contributed by atoms with E-state index in [0.29, 0.717) is 38.3 Å². The second-order valence-electron chi connectivity index (χ2n) is 7.18. The van der Waals surface area contributed by atoms with Crippen molar-refractivity contribution in [1.82, 2.24) is 5.32 Å². The third-order valence-electron chi connectivity index (χ3n) is 5.58. The molecule has 0 spiro atoms. The third kappa shape index (κ3) is 3.95. The van der Waals surface area contributed by atoms with Crippen LogP contribution in [0, 0.1) is 17.8 Å². The molecule has 0 saturated heterocycles. The average molecular weight is 283 g/mol. The number of aliphatic hydroxyl groups is 1. The molecule has 0 heterocycles. The van der Waals surface area contributed by atoms with Crippen LogP contribution in [0.3, 0.4) is 0 Å². The minimum atomic E-state index is -0.713. The summed E-state index contributed by atoms with van der Waals surface area (Å²) in [6.07, 6.45) is 6.06. The summed E-state index contributed by atoms with van der Waals surface area (Å²) in [7, 11) is 0. The van der Waals surface area contributed by atoms with Gasteiger partial charge in [0, 0.05) is 12.6 Å². The van der Waals surface area contributed by atoms with Crippen LogP contribution in [0.5, 0.6) is 0 Å². The number of rotatable bonds is 4. The molecule has 4 heteroatoms. The molecule has 2 saturated carbocycles. The van der Waals surface area contributed by atoms with E-state index in [2.05, 4.69) is 19.2 Å². The maximum atomic E-state index is 10.9.